The van der Waals surface area contributed by atoms with Crippen molar-refractivity contribution in [3.63, 3.8) is 0 Å². The van der Waals surface area contributed by atoms with E-state index in [1.165, 1.54) is 6.26 Å². The summed E-state index contributed by atoms with van der Waals surface area (Å²) in [6.07, 6.45) is 1.21. The predicted molar refractivity (Wildman–Crippen MR) is 45.4 cm³/mol. The maximum absolute atomic E-state index is 10.6. The quantitative estimate of drug-likeness (QED) is 0.646. The van der Waals surface area contributed by atoms with Crippen molar-refractivity contribution in [1.29, 1.82) is 0 Å². The number of hydrogen-bond acceptors (Lipinski definition) is 3. The normalized spacial score (nSPS) is 13.5. The molecular formula is C7H16O3S. The van der Waals surface area contributed by atoms with E-state index >= 15 is 0 Å². The van der Waals surface area contributed by atoms with Crippen molar-refractivity contribution in [2.75, 3.05) is 18.6 Å². The summed E-state index contributed by atoms with van der Waals surface area (Å²) in [5, 5.41) is 0. The van der Waals surface area contributed by atoms with Gasteiger partial charge in [0.25, 0.3) is 0 Å². The van der Waals surface area contributed by atoms with Gasteiger partial charge in [0, 0.05) is 6.26 Å². The zero-order valence-corrected chi connectivity index (χ0v) is 8.36. The van der Waals surface area contributed by atoms with E-state index in [2.05, 4.69) is 0 Å². The Morgan fingerprint density at radius 3 is 2.00 bits per heavy atom. The molecule has 0 aromatic carbocycles. The second kappa shape index (κ2) is 3.54. The Morgan fingerprint density at radius 1 is 1.27 bits per heavy atom. The zero-order valence-electron chi connectivity index (χ0n) is 7.55. The monoisotopic (exact) mass is 180 g/mol. The van der Waals surface area contributed by atoms with Gasteiger partial charge in [0.1, 0.15) is 9.84 Å². The van der Waals surface area contributed by atoms with Crippen LogP contribution in [0, 0.1) is 0 Å². The van der Waals surface area contributed by atoms with E-state index in [1.807, 2.05) is 20.8 Å². The predicted octanol–water partition coefficient (Wildman–Crippen LogP) is 0.846. The fraction of sp³-hybridized carbons (Fsp3) is 1.00. The standard InChI is InChI=1S/C7H16O3S/c1-7(2,3)10-5-6-11(4,8)9/h5-6H2,1-4H3. The van der Waals surface area contributed by atoms with E-state index in [1.54, 1.807) is 0 Å². The Bertz CT molecular complexity index is 198. The van der Waals surface area contributed by atoms with E-state index in [4.69, 9.17) is 4.74 Å². The highest BCUT2D eigenvalue weighted by atomic mass is 32.2. The average Bonchev–Trinajstić information content (AvgIpc) is 1.55. The highest BCUT2D eigenvalue weighted by Gasteiger charge is 2.11. The Balaban J connectivity index is 3.61. The van der Waals surface area contributed by atoms with Gasteiger partial charge in [0.15, 0.2) is 0 Å². The fourth-order valence-corrected chi connectivity index (χ4v) is 0.885. The summed E-state index contributed by atoms with van der Waals surface area (Å²) in [7, 11) is -2.87. The molecule has 0 heterocycles. The van der Waals surface area contributed by atoms with E-state index in [0.717, 1.165) is 0 Å². The first-order valence-electron chi connectivity index (χ1n) is 3.52. The molecule has 0 atom stereocenters. The van der Waals surface area contributed by atoms with Crippen molar-refractivity contribution in [3.05, 3.63) is 0 Å². The summed E-state index contributed by atoms with van der Waals surface area (Å²) in [5.74, 6) is 0.101. The van der Waals surface area contributed by atoms with Crippen molar-refractivity contribution in [2.24, 2.45) is 0 Å². The highest BCUT2D eigenvalue weighted by molar-refractivity contribution is 7.90. The third kappa shape index (κ3) is 9.91. The molecule has 0 aromatic rings. The minimum Gasteiger partial charge on any atom is -0.375 e. The molecule has 0 unspecified atom stereocenters. The van der Waals surface area contributed by atoms with Crippen LogP contribution in [0.4, 0.5) is 0 Å². The molecule has 0 rings (SSSR count). The Morgan fingerprint density at radius 2 is 1.73 bits per heavy atom. The molecule has 0 amide bonds. The van der Waals surface area contributed by atoms with E-state index < -0.39 is 9.84 Å². The number of hydrogen-bond donors (Lipinski definition) is 0. The lowest BCUT2D eigenvalue weighted by Crippen LogP contribution is -2.23. The molecule has 0 aliphatic carbocycles. The summed E-state index contributed by atoms with van der Waals surface area (Å²) in [6, 6.07) is 0. The summed E-state index contributed by atoms with van der Waals surface area (Å²) < 4.78 is 26.5. The van der Waals surface area contributed by atoms with Crippen LogP contribution in [0.2, 0.25) is 0 Å². The van der Waals surface area contributed by atoms with Crippen LogP contribution < -0.4 is 0 Å². The van der Waals surface area contributed by atoms with Crippen LogP contribution in [0.15, 0.2) is 0 Å². The third-order valence-electron chi connectivity index (χ3n) is 0.989. The number of sulfone groups is 1. The largest absolute Gasteiger partial charge is 0.375 e. The van der Waals surface area contributed by atoms with Crippen LogP contribution in [0.1, 0.15) is 20.8 Å². The minimum atomic E-state index is -2.87. The van der Waals surface area contributed by atoms with Gasteiger partial charge in [-0.1, -0.05) is 0 Å². The topological polar surface area (TPSA) is 43.4 Å². The maximum atomic E-state index is 10.6. The number of rotatable bonds is 3. The van der Waals surface area contributed by atoms with Crippen molar-refractivity contribution in [2.45, 2.75) is 26.4 Å². The van der Waals surface area contributed by atoms with Gasteiger partial charge >= 0.3 is 0 Å². The molecule has 3 nitrogen and oxygen atoms in total. The fourth-order valence-electron chi connectivity index (χ4n) is 0.499. The van der Waals surface area contributed by atoms with Crippen LogP contribution >= 0.6 is 0 Å². The molecule has 0 fully saturated rings. The Labute approximate surface area is 68.7 Å². The first kappa shape index (κ1) is 10.9. The molecule has 0 spiro atoms. The van der Waals surface area contributed by atoms with Gasteiger partial charge in [-0.05, 0) is 20.8 Å². The maximum Gasteiger partial charge on any atom is 0.149 e. The van der Waals surface area contributed by atoms with Gasteiger partial charge in [0.2, 0.25) is 0 Å². The summed E-state index contributed by atoms with van der Waals surface area (Å²) >= 11 is 0. The molecule has 0 aliphatic heterocycles. The lowest BCUT2D eigenvalue weighted by molar-refractivity contribution is 0.00648. The third-order valence-corrected chi connectivity index (χ3v) is 1.90. The SMILES string of the molecule is CC(C)(C)OCCS(C)(=O)=O. The van der Waals surface area contributed by atoms with E-state index in [-0.39, 0.29) is 18.0 Å². The van der Waals surface area contributed by atoms with E-state index in [9.17, 15) is 8.42 Å². The average molecular weight is 180 g/mol. The van der Waals surface area contributed by atoms with Gasteiger partial charge in [-0.25, -0.2) is 8.42 Å². The molecule has 0 radical (unpaired) electrons. The zero-order chi connectivity index (χ0) is 9.12. The second-order valence-corrected chi connectivity index (χ2v) is 5.85. The molecule has 0 saturated heterocycles. The summed E-state index contributed by atoms with van der Waals surface area (Å²) in [4.78, 5) is 0. The lowest BCUT2D eigenvalue weighted by Gasteiger charge is -2.18. The number of ether oxygens (including phenoxy) is 1. The molecule has 4 heteroatoms. The smallest absolute Gasteiger partial charge is 0.149 e. The van der Waals surface area contributed by atoms with Gasteiger partial charge in [-0.2, -0.15) is 0 Å². The van der Waals surface area contributed by atoms with Crippen molar-refractivity contribution in [3.8, 4) is 0 Å². The molecule has 0 N–H and O–H groups in total. The highest BCUT2D eigenvalue weighted by Crippen LogP contribution is 2.05. The van der Waals surface area contributed by atoms with Crippen LogP contribution in [0.5, 0.6) is 0 Å². The van der Waals surface area contributed by atoms with E-state index in [0.29, 0.717) is 0 Å². The van der Waals surface area contributed by atoms with Crippen LogP contribution in [-0.2, 0) is 14.6 Å². The molecule has 0 aliphatic rings. The Hall–Kier alpha value is -0.0900. The molecule has 11 heavy (non-hydrogen) atoms. The molecular weight excluding hydrogens is 164 g/mol. The van der Waals surface area contributed by atoms with Gasteiger partial charge in [-0.15, -0.1) is 0 Å². The molecule has 68 valence electrons. The van der Waals surface area contributed by atoms with Gasteiger partial charge in [-0.3, -0.25) is 0 Å². The summed E-state index contributed by atoms with van der Waals surface area (Å²) in [6.45, 7) is 5.97. The van der Waals surface area contributed by atoms with Gasteiger partial charge < -0.3 is 4.74 Å². The van der Waals surface area contributed by atoms with Gasteiger partial charge in [0.05, 0.1) is 18.0 Å². The Kier molecular flexibility index (Phi) is 3.51. The summed E-state index contributed by atoms with van der Waals surface area (Å²) in [5.41, 5.74) is -0.245. The first-order valence-corrected chi connectivity index (χ1v) is 5.58. The second-order valence-electron chi connectivity index (χ2n) is 3.59. The van der Waals surface area contributed by atoms with Crippen molar-refractivity contribution in [1.82, 2.24) is 0 Å². The van der Waals surface area contributed by atoms with Crippen LogP contribution in [-0.4, -0.2) is 32.6 Å². The molecule has 0 bridgehead atoms. The minimum absolute atomic E-state index is 0.101. The van der Waals surface area contributed by atoms with Crippen molar-refractivity contribution >= 4 is 9.84 Å². The van der Waals surface area contributed by atoms with Crippen LogP contribution in [0.3, 0.4) is 0 Å². The van der Waals surface area contributed by atoms with Crippen molar-refractivity contribution < 1.29 is 13.2 Å². The first-order chi connectivity index (χ1) is 4.71. The lowest BCUT2D eigenvalue weighted by atomic mass is 10.2. The molecule has 0 aromatic heterocycles. The van der Waals surface area contributed by atoms with Crippen LogP contribution in [0.25, 0.3) is 0 Å². The molecule has 0 saturated carbocycles.